The Morgan fingerprint density at radius 2 is 1.58 bits per heavy atom. The highest BCUT2D eigenvalue weighted by atomic mass is 16.3. The van der Waals surface area contributed by atoms with Gasteiger partial charge in [0.25, 0.3) is 0 Å². The van der Waals surface area contributed by atoms with E-state index in [1.54, 1.807) is 0 Å². The van der Waals surface area contributed by atoms with Gasteiger partial charge in [0.1, 0.15) is 0 Å². The van der Waals surface area contributed by atoms with Crippen LogP contribution in [-0.4, -0.2) is 19.2 Å². The van der Waals surface area contributed by atoms with Crippen molar-refractivity contribution in [1.29, 1.82) is 0 Å². The molecule has 0 saturated carbocycles. The average molecular weight is 255 g/mol. The summed E-state index contributed by atoms with van der Waals surface area (Å²) in [6, 6.07) is 15.2. The molecule has 0 aliphatic carbocycles. The van der Waals surface area contributed by atoms with Gasteiger partial charge in [0, 0.05) is 19.8 Å². The first kappa shape index (κ1) is 13.2. The second-order valence-electron chi connectivity index (χ2n) is 4.44. The van der Waals surface area contributed by atoms with Crippen molar-refractivity contribution in [3.63, 3.8) is 0 Å². The van der Waals surface area contributed by atoms with Gasteiger partial charge in [0.2, 0.25) is 0 Å². The van der Waals surface area contributed by atoms with E-state index in [9.17, 15) is 0 Å². The van der Waals surface area contributed by atoms with Gasteiger partial charge in [-0.15, -0.1) is 0 Å². The van der Waals surface area contributed by atoms with E-state index in [0.717, 1.165) is 22.6 Å². The van der Waals surface area contributed by atoms with Crippen LogP contribution in [0.15, 0.2) is 58.8 Å². The van der Waals surface area contributed by atoms with Crippen LogP contribution in [0.3, 0.4) is 0 Å². The third kappa shape index (κ3) is 3.63. The van der Waals surface area contributed by atoms with Crippen LogP contribution in [0.2, 0.25) is 0 Å². The number of aliphatic hydroxyl groups is 1. The molecule has 2 aromatic carbocycles. The summed E-state index contributed by atoms with van der Waals surface area (Å²) in [5, 5.41) is 17.5. The lowest BCUT2D eigenvalue weighted by Gasteiger charge is -2.11. The molecule has 0 spiro atoms. The molecule has 19 heavy (non-hydrogen) atoms. The Bertz CT molecular complexity index is 579. The minimum atomic E-state index is 0.0134. The Balaban J connectivity index is 2.19. The van der Waals surface area contributed by atoms with E-state index in [4.69, 9.17) is 5.11 Å². The molecule has 0 saturated heterocycles. The van der Waals surface area contributed by atoms with E-state index in [1.165, 1.54) is 0 Å². The van der Waals surface area contributed by atoms with Gasteiger partial charge in [-0.25, -0.2) is 0 Å². The molecule has 0 heterocycles. The van der Waals surface area contributed by atoms with Gasteiger partial charge >= 0.3 is 0 Å². The maximum absolute atomic E-state index is 9.07. The zero-order valence-electron chi connectivity index (χ0n) is 11.1. The lowest BCUT2D eigenvalue weighted by atomic mass is 10.2. The van der Waals surface area contributed by atoms with E-state index in [1.807, 2.05) is 67.5 Å². The molecule has 0 atom stereocenters. The van der Waals surface area contributed by atoms with Crippen LogP contribution >= 0.6 is 0 Å². The third-order valence-electron chi connectivity index (χ3n) is 2.72. The number of nitrogens with zero attached hydrogens (tertiary/aromatic N) is 3. The van der Waals surface area contributed by atoms with Crippen LogP contribution in [0.25, 0.3) is 0 Å². The summed E-state index contributed by atoms with van der Waals surface area (Å²) in [6.07, 6.45) is 0. The quantitative estimate of drug-likeness (QED) is 0.847. The number of hydrogen-bond acceptors (Lipinski definition) is 4. The fraction of sp³-hybridized carbons (Fsp3) is 0.200. The van der Waals surface area contributed by atoms with Gasteiger partial charge < -0.3 is 10.0 Å². The van der Waals surface area contributed by atoms with E-state index < -0.39 is 0 Å². The minimum Gasteiger partial charge on any atom is -0.392 e. The van der Waals surface area contributed by atoms with Crippen molar-refractivity contribution in [2.75, 3.05) is 19.0 Å². The largest absolute Gasteiger partial charge is 0.392 e. The lowest BCUT2D eigenvalue weighted by molar-refractivity contribution is 0.282. The van der Waals surface area contributed by atoms with Gasteiger partial charge in [-0.3, -0.25) is 0 Å². The predicted molar refractivity (Wildman–Crippen MR) is 77.3 cm³/mol. The number of azo groups is 1. The van der Waals surface area contributed by atoms with Crippen LogP contribution in [0.1, 0.15) is 5.56 Å². The molecule has 0 aliphatic heterocycles. The molecule has 0 aliphatic rings. The van der Waals surface area contributed by atoms with Crippen LogP contribution in [-0.2, 0) is 6.61 Å². The van der Waals surface area contributed by atoms with Crippen molar-refractivity contribution in [2.45, 2.75) is 6.61 Å². The molecular formula is C15H17N3O. The number of rotatable bonds is 4. The summed E-state index contributed by atoms with van der Waals surface area (Å²) in [6.45, 7) is 0.0134. The highest BCUT2D eigenvalue weighted by Gasteiger charge is 1.97. The summed E-state index contributed by atoms with van der Waals surface area (Å²) in [5.74, 6) is 0. The second-order valence-corrected chi connectivity index (χ2v) is 4.44. The summed E-state index contributed by atoms with van der Waals surface area (Å²) in [4.78, 5) is 2.02. The molecular weight excluding hydrogens is 238 g/mol. The normalized spacial score (nSPS) is 10.9. The zero-order valence-corrected chi connectivity index (χ0v) is 11.1. The number of anilines is 1. The first-order valence-electron chi connectivity index (χ1n) is 6.08. The first-order valence-corrected chi connectivity index (χ1v) is 6.08. The maximum Gasteiger partial charge on any atom is 0.0877 e. The van der Waals surface area contributed by atoms with Crippen molar-refractivity contribution in [3.8, 4) is 0 Å². The topological polar surface area (TPSA) is 48.2 Å². The molecule has 2 rings (SSSR count). The third-order valence-corrected chi connectivity index (χ3v) is 2.72. The van der Waals surface area contributed by atoms with E-state index in [-0.39, 0.29) is 6.61 Å². The fourth-order valence-corrected chi connectivity index (χ4v) is 1.67. The van der Waals surface area contributed by atoms with Gasteiger partial charge in [0.05, 0.1) is 18.0 Å². The van der Waals surface area contributed by atoms with Crippen molar-refractivity contribution in [1.82, 2.24) is 0 Å². The summed E-state index contributed by atoms with van der Waals surface area (Å²) >= 11 is 0. The first-order chi connectivity index (χ1) is 9.19. The molecule has 0 aromatic heterocycles. The van der Waals surface area contributed by atoms with Crippen LogP contribution in [0.4, 0.5) is 17.1 Å². The lowest BCUT2D eigenvalue weighted by Crippen LogP contribution is -2.07. The standard InChI is InChI=1S/C15H17N3O/c1-18(2)15-8-4-7-14(10-15)17-16-13-6-3-5-12(9-13)11-19/h3-10,19H,11H2,1-2H3. The Morgan fingerprint density at radius 1 is 0.947 bits per heavy atom. The van der Waals surface area contributed by atoms with E-state index in [2.05, 4.69) is 10.2 Å². The molecule has 4 nitrogen and oxygen atoms in total. The van der Waals surface area contributed by atoms with Crippen molar-refractivity contribution < 1.29 is 5.11 Å². The minimum absolute atomic E-state index is 0.0134. The van der Waals surface area contributed by atoms with Crippen molar-refractivity contribution >= 4 is 17.1 Å². The monoisotopic (exact) mass is 255 g/mol. The van der Waals surface area contributed by atoms with Crippen LogP contribution in [0.5, 0.6) is 0 Å². The zero-order chi connectivity index (χ0) is 13.7. The summed E-state index contributed by atoms with van der Waals surface area (Å²) < 4.78 is 0. The fourth-order valence-electron chi connectivity index (χ4n) is 1.67. The molecule has 0 radical (unpaired) electrons. The predicted octanol–water partition coefficient (Wildman–Crippen LogP) is 3.66. The molecule has 0 unspecified atom stereocenters. The number of benzene rings is 2. The molecule has 98 valence electrons. The molecule has 0 bridgehead atoms. The SMILES string of the molecule is CN(C)c1cccc(N=Nc2cccc(CO)c2)c1. The second kappa shape index (κ2) is 6.11. The van der Waals surface area contributed by atoms with Crippen LogP contribution < -0.4 is 4.90 Å². The molecule has 1 N–H and O–H groups in total. The van der Waals surface area contributed by atoms with Crippen LogP contribution in [0, 0.1) is 0 Å². The van der Waals surface area contributed by atoms with Gasteiger partial charge in [0.15, 0.2) is 0 Å². The number of aliphatic hydroxyl groups excluding tert-OH is 1. The molecule has 0 fully saturated rings. The Labute approximate surface area is 113 Å². The highest BCUT2D eigenvalue weighted by Crippen LogP contribution is 2.23. The van der Waals surface area contributed by atoms with Gasteiger partial charge in [-0.05, 0) is 35.9 Å². The van der Waals surface area contributed by atoms with E-state index in [0.29, 0.717) is 0 Å². The molecule has 0 amide bonds. The maximum atomic E-state index is 9.07. The summed E-state index contributed by atoms with van der Waals surface area (Å²) in [7, 11) is 3.97. The highest BCUT2D eigenvalue weighted by molar-refractivity contribution is 5.54. The summed E-state index contributed by atoms with van der Waals surface area (Å²) in [5.41, 5.74) is 3.46. The van der Waals surface area contributed by atoms with Crippen molar-refractivity contribution in [2.24, 2.45) is 10.2 Å². The smallest absolute Gasteiger partial charge is 0.0877 e. The molecule has 2 aromatic rings. The number of hydrogen-bond donors (Lipinski definition) is 1. The Morgan fingerprint density at radius 3 is 2.21 bits per heavy atom. The van der Waals surface area contributed by atoms with Gasteiger partial charge in [-0.2, -0.15) is 10.2 Å². The van der Waals surface area contributed by atoms with E-state index >= 15 is 0 Å². The van der Waals surface area contributed by atoms with Gasteiger partial charge in [-0.1, -0.05) is 18.2 Å². The Kier molecular flexibility index (Phi) is 4.26. The Hall–Kier alpha value is -2.20. The average Bonchev–Trinajstić information content (AvgIpc) is 2.45. The molecule has 4 heteroatoms. The van der Waals surface area contributed by atoms with Crippen molar-refractivity contribution in [3.05, 3.63) is 54.1 Å².